The van der Waals surface area contributed by atoms with E-state index in [1.165, 1.54) is 0 Å². The van der Waals surface area contributed by atoms with Crippen molar-refractivity contribution in [3.63, 3.8) is 0 Å². The van der Waals surface area contributed by atoms with Gasteiger partial charge in [-0.3, -0.25) is 14.6 Å². The molecule has 0 spiro atoms. The Labute approximate surface area is 193 Å². The van der Waals surface area contributed by atoms with Crippen LogP contribution in [0, 0.1) is 13.8 Å². The molecule has 2 fully saturated rings. The highest BCUT2D eigenvalue weighted by atomic mass is 16.2. The lowest BCUT2D eigenvalue weighted by Crippen LogP contribution is -2.31. The van der Waals surface area contributed by atoms with Gasteiger partial charge in [0.2, 0.25) is 5.91 Å². The van der Waals surface area contributed by atoms with Crippen molar-refractivity contribution in [1.29, 1.82) is 0 Å². The molecule has 2 aliphatic heterocycles. The van der Waals surface area contributed by atoms with Crippen LogP contribution < -0.4 is 0 Å². The van der Waals surface area contributed by atoms with E-state index in [9.17, 15) is 9.59 Å². The van der Waals surface area contributed by atoms with Crippen molar-refractivity contribution < 1.29 is 9.59 Å². The summed E-state index contributed by atoms with van der Waals surface area (Å²) in [6.07, 6.45) is 6.83. The molecule has 2 aliphatic rings. The van der Waals surface area contributed by atoms with Crippen molar-refractivity contribution >= 4 is 17.5 Å². The van der Waals surface area contributed by atoms with Crippen LogP contribution in [0.25, 0.3) is 5.65 Å². The van der Waals surface area contributed by atoms with E-state index < -0.39 is 0 Å². The molecule has 0 aromatic carbocycles. The van der Waals surface area contributed by atoms with Crippen LogP contribution in [0.2, 0.25) is 0 Å². The van der Waals surface area contributed by atoms with Crippen molar-refractivity contribution in [2.24, 2.45) is 0 Å². The van der Waals surface area contributed by atoms with Gasteiger partial charge in [0.05, 0.1) is 11.7 Å². The Balaban J connectivity index is 1.39. The fraction of sp³-hybridized carbons (Fsp3) is 0.480. The number of carbonyl (C=O) groups is 2. The Morgan fingerprint density at radius 2 is 1.91 bits per heavy atom. The second-order valence-electron chi connectivity index (χ2n) is 9.06. The minimum atomic E-state index is -0.0823. The minimum Gasteiger partial charge on any atom is -0.343 e. The number of likely N-dealkylation sites (tertiary alicyclic amines) is 2. The fourth-order valence-corrected chi connectivity index (χ4v) is 5.18. The molecular weight excluding hydrogens is 416 g/mol. The van der Waals surface area contributed by atoms with Crippen molar-refractivity contribution in [1.82, 2.24) is 29.4 Å². The average Bonchev–Trinajstić information content (AvgIpc) is 3.59. The van der Waals surface area contributed by atoms with Crippen LogP contribution in [0.15, 0.2) is 30.5 Å². The lowest BCUT2D eigenvalue weighted by Gasteiger charge is -2.22. The molecule has 8 heteroatoms. The summed E-state index contributed by atoms with van der Waals surface area (Å²) in [7, 11) is 0. The maximum Gasteiger partial charge on any atom is 0.273 e. The molecule has 2 amide bonds. The zero-order chi connectivity index (χ0) is 22.9. The molecule has 2 saturated heterocycles. The molecule has 0 radical (unpaired) electrons. The largest absolute Gasteiger partial charge is 0.343 e. The first kappa shape index (κ1) is 21.6. The van der Waals surface area contributed by atoms with Crippen LogP contribution in [-0.4, -0.2) is 60.8 Å². The van der Waals surface area contributed by atoms with Crippen molar-refractivity contribution in [3.8, 4) is 0 Å². The highest BCUT2D eigenvalue weighted by Gasteiger charge is 2.33. The summed E-state index contributed by atoms with van der Waals surface area (Å²) < 4.78 is 1.87. The zero-order valence-corrected chi connectivity index (χ0v) is 19.3. The highest BCUT2D eigenvalue weighted by Crippen LogP contribution is 2.33. The number of hydrogen-bond donors (Lipinski definition) is 0. The van der Waals surface area contributed by atoms with Gasteiger partial charge >= 0.3 is 0 Å². The quantitative estimate of drug-likeness (QED) is 0.601. The molecule has 0 aliphatic carbocycles. The van der Waals surface area contributed by atoms with Gasteiger partial charge in [-0.25, -0.2) is 9.50 Å². The summed E-state index contributed by atoms with van der Waals surface area (Å²) in [6.45, 7) is 6.50. The first-order valence-electron chi connectivity index (χ1n) is 11.9. The first-order valence-corrected chi connectivity index (χ1v) is 11.9. The number of pyridine rings is 1. The van der Waals surface area contributed by atoms with Gasteiger partial charge in [-0.2, -0.15) is 5.10 Å². The second-order valence-corrected chi connectivity index (χ2v) is 9.06. The SMILES string of the molecule is Cc1nc2cc(C3CCCN3C(=O)c3ccccn3)nn2c(C)c1CCC(=O)N1CCCC1. The van der Waals surface area contributed by atoms with Gasteiger partial charge in [-0.1, -0.05) is 6.07 Å². The van der Waals surface area contributed by atoms with Crippen LogP contribution in [-0.2, 0) is 11.2 Å². The number of nitrogens with zero attached hydrogens (tertiary/aromatic N) is 6. The molecule has 0 bridgehead atoms. The number of rotatable bonds is 5. The van der Waals surface area contributed by atoms with Gasteiger partial charge in [0.15, 0.2) is 5.65 Å². The van der Waals surface area contributed by atoms with E-state index in [1.54, 1.807) is 12.3 Å². The van der Waals surface area contributed by atoms with E-state index in [-0.39, 0.29) is 17.9 Å². The molecule has 8 nitrogen and oxygen atoms in total. The summed E-state index contributed by atoms with van der Waals surface area (Å²) >= 11 is 0. The summed E-state index contributed by atoms with van der Waals surface area (Å²) in [4.78, 5) is 38.5. The number of amides is 2. The van der Waals surface area contributed by atoms with Gasteiger partial charge in [0.25, 0.3) is 5.91 Å². The van der Waals surface area contributed by atoms with Gasteiger partial charge in [0, 0.05) is 49.7 Å². The molecule has 3 aromatic rings. The second kappa shape index (κ2) is 8.92. The first-order chi connectivity index (χ1) is 16.0. The summed E-state index contributed by atoms with van der Waals surface area (Å²) in [5, 5.41) is 4.87. The Hall–Kier alpha value is -3.29. The normalized spacial score (nSPS) is 18.4. The van der Waals surface area contributed by atoms with Gasteiger partial charge in [0.1, 0.15) is 5.69 Å². The molecule has 0 N–H and O–H groups in total. The van der Waals surface area contributed by atoms with Crippen LogP contribution in [0.3, 0.4) is 0 Å². The van der Waals surface area contributed by atoms with E-state index in [0.717, 1.165) is 67.1 Å². The maximum absolute atomic E-state index is 13.1. The third kappa shape index (κ3) is 4.10. The van der Waals surface area contributed by atoms with Crippen LogP contribution >= 0.6 is 0 Å². The van der Waals surface area contributed by atoms with Gasteiger partial charge < -0.3 is 9.80 Å². The molecule has 1 atom stereocenters. The predicted molar refractivity (Wildman–Crippen MR) is 124 cm³/mol. The molecule has 5 heterocycles. The molecular formula is C25H30N6O2. The summed E-state index contributed by atoms with van der Waals surface area (Å²) in [5.74, 6) is 0.166. The zero-order valence-electron chi connectivity index (χ0n) is 19.3. The lowest BCUT2D eigenvalue weighted by atomic mass is 10.1. The third-order valence-corrected chi connectivity index (χ3v) is 6.97. The van der Waals surface area contributed by atoms with Crippen LogP contribution in [0.4, 0.5) is 0 Å². The number of carbonyl (C=O) groups excluding carboxylic acids is 2. The molecule has 5 rings (SSSR count). The van der Waals surface area contributed by atoms with Crippen molar-refractivity contribution in [2.45, 2.75) is 58.4 Å². The van der Waals surface area contributed by atoms with E-state index in [4.69, 9.17) is 10.1 Å². The minimum absolute atomic E-state index is 0.0582. The molecule has 33 heavy (non-hydrogen) atoms. The molecule has 0 saturated carbocycles. The fourth-order valence-electron chi connectivity index (χ4n) is 5.18. The average molecular weight is 447 g/mol. The van der Waals surface area contributed by atoms with E-state index in [1.807, 2.05) is 46.4 Å². The highest BCUT2D eigenvalue weighted by molar-refractivity contribution is 5.92. The van der Waals surface area contributed by atoms with E-state index >= 15 is 0 Å². The molecule has 1 unspecified atom stereocenters. The Morgan fingerprint density at radius 3 is 2.67 bits per heavy atom. The number of aromatic nitrogens is 4. The van der Waals surface area contributed by atoms with Crippen LogP contribution in [0.1, 0.15) is 71.3 Å². The van der Waals surface area contributed by atoms with Gasteiger partial charge in [-0.15, -0.1) is 0 Å². The van der Waals surface area contributed by atoms with E-state index in [0.29, 0.717) is 25.1 Å². The molecule has 172 valence electrons. The predicted octanol–water partition coefficient (Wildman–Crippen LogP) is 3.27. The van der Waals surface area contributed by atoms with Gasteiger partial charge in [-0.05, 0) is 63.6 Å². The van der Waals surface area contributed by atoms with Crippen LogP contribution in [0.5, 0.6) is 0 Å². The van der Waals surface area contributed by atoms with Crippen molar-refractivity contribution in [2.75, 3.05) is 19.6 Å². The Kier molecular flexibility index (Phi) is 5.83. The Bertz CT molecular complexity index is 1180. The van der Waals surface area contributed by atoms with Crippen molar-refractivity contribution in [3.05, 3.63) is 58.8 Å². The number of hydrogen-bond acceptors (Lipinski definition) is 5. The summed E-state index contributed by atoms with van der Waals surface area (Å²) in [6, 6.07) is 7.32. The number of aryl methyl sites for hydroxylation is 2. The Morgan fingerprint density at radius 1 is 1.09 bits per heavy atom. The maximum atomic E-state index is 13.1. The third-order valence-electron chi connectivity index (χ3n) is 6.97. The topological polar surface area (TPSA) is 83.7 Å². The smallest absolute Gasteiger partial charge is 0.273 e. The monoisotopic (exact) mass is 446 g/mol. The standard InChI is InChI=1S/C25H30N6O2/c1-17-19(10-11-24(32)29-13-5-6-14-29)18(2)31-23(27-17)16-21(28-31)22-9-7-15-30(22)25(33)20-8-3-4-12-26-20/h3-4,8,12,16,22H,5-7,9-11,13-15H2,1-2H3. The van der Waals surface area contributed by atoms with E-state index in [2.05, 4.69) is 4.98 Å². The lowest BCUT2D eigenvalue weighted by molar-refractivity contribution is -0.130. The number of fused-ring (bicyclic) bond motifs is 1. The molecule has 3 aromatic heterocycles. The summed E-state index contributed by atoms with van der Waals surface area (Å²) in [5.41, 5.74) is 5.14.